The molecule has 5 rings (SSSR count). The highest BCUT2D eigenvalue weighted by molar-refractivity contribution is 5.95. The summed E-state index contributed by atoms with van der Waals surface area (Å²) in [4.78, 5) is 13.4. The molecule has 9 heteroatoms. The molecule has 1 unspecified atom stereocenters. The molecule has 0 amide bonds. The molecule has 2 aromatic carbocycles. The van der Waals surface area contributed by atoms with Crippen LogP contribution in [0, 0.1) is 25.2 Å². The lowest BCUT2D eigenvalue weighted by molar-refractivity contribution is -0.122. The molecule has 0 bridgehead atoms. The lowest BCUT2D eigenvalue weighted by Gasteiger charge is -2.56. The number of carbonyl (C=O) groups is 1. The third-order valence-corrected chi connectivity index (χ3v) is 7.47. The Hall–Kier alpha value is -3.74. The number of ether oxygens (including phenoxy) is 1. The first kappa shape index (κ1) is 26.3. The first-order valence-corrected chi connectivity index (χ1v) is 12.5. The monoisotopic (exact) mass is 502 g/mol. The maximum atomic E-state index is 9.41. The van der Waals surface area contributed by atoms with Crippen LogP contribution in [0.15, 0.2) is 36.4 Å². The van der Waals surface area contributed by atoms with Gasteiger partial charge in [0.15, 0.2) is 5.82 Å². The number of aryl methyl sites for hydroxylation is 1. The minimum atomic E-state index is -0.250. The Kier molecular flexibility index (Phi) is 7.91. The summed E-state index contributed by atoms with van der Waals surface area (Å²) in [5, 5.41) is 31.0. The van der Waals surface area contributed by atoms with Gasteiger partial charge < -0.3 is 20.1 Å². The zero-order valence-electron chi connectivity index (χ0n) is 21.9. The van der Waals surface area contributed by atoms with E-state index in [9.17, 15) is 5.26 Å². The third kappa shape index (κ3) is 5.36. The molecule has 2 aliphatic heterocycles. The first-order chi connectivity index (χ1) is 17.8. The summed E-state index contributed by atoms with van der Waals surface area (Å²) in [6.07, 6.45) is 0. The molecule has 1 aromatic heterocycles. The van der Waals surface area contributed by atoms with E-state index in [0.29, 0.717) is 5.56 Å². The quantitative estimate of drug-likeness (QED) is 0.501. The number of carboxylic acid groups (broad SMARTS) is 1. The zero-order valence-corrected chi connectivity index (χ0v) is 21.9. The van der Waals surface area contributed by atoms with Crippen molar-refractivity contribution in [2.24, 2.45) is 0 Å². The van der Waals surface area contributed by atoms with Crippen molar-refractivity contribution in [3.8, 4) is 6.07 Å². The van der Waals surface area contributed by atoms with E-state index in [1.165, 1.54) is 5.69 Å². The van der Waals surface area contributed by atoms with Gasteiger partial charge in [-0.05, 0) is 57.0 Å². The smallest absolute Gasteiger partial charge is 0.290 e. The molecule has 3 heterocycles. The Labute approximate surface area is 217 Å². The zero-order chi connectivity index (χ0) is 26.6. The van der Waals surface area contributed by atoms with Crippen LogP contribution in [0.5, 0.6) is 0 Å². The normalized spacial score (nSPS) is 17.6. The number of anilines is 2. The third-order valence-electron chi connectivity index (χ3n) is 7.47. The molecule has 2 fully saturated rings. The number of hydrogen-bond donors (Lipinski definition) is 2. The molecule has 1 atom stereocenters. The molecule has 0 spiro atoms. The van der Waals surface area contributed by atoms with Crippen LogP contribution in [-0.2, 0) is 9.53 Å². The summed E-state index contributed by atoms with van der Waals surface area (Å²) >= 11 is 0. The minimum absolute atomic E-state index is 0.00853. The molecule has 2 aliphatic rings. The van der Waals surface area contributed by atoms with Crippen LogP contribution in [-0.4, -0.2) is 71.6 Å². The fourth-order valence-corrected chi connectivity index (χ4v) is 5.37. The first-order valence-electron chi connectivity index (χ1n) is 12.5. The Bertz CT molecular complexity index is 1310. The van der Waals surface area contributed by atoms with E-state index in [0.717, 1.165) is 72.8 Å². The standard InChI is InChI=1S/C27H32N6O.CH2O2/c1-18-21(15-28)6-5-7-23(18)19(2)29-26-25-14-22(8-9-24(25)20(3)30-31-26)32-16-27(4,17-32)33-10-12-34-13-11-33;2-1-3/h5-9,14,19H,10-13,16-17H2,1-4H3,(H,29,31);1H,(H,2,3). The van der Waals surface area contributed by atoms with Crippen molar-refractivity contribution < 1.29 is 14.6 Å². The molecule has 2 saturated heterocycles. The molecule has 3 aromatic rings. The van der Waals surface area contributed by atoms with Gasteiger partial charge in [-0.15, -0.1) is 5.10 Å². The number of fused-ring (bicyclic) bond motifs is 1. The topological polar surface area (TPSA) is 115 Å². The van der Waals surface area contributed by atoms with E-state index in [-0.39, 0.29) is 18.1 Å². The van der Waals surface area contributed by atoms with Gasteiger partial charge in [0.2, 0.25) is 0 Å². The van der Waals surface area contributed by atoms with Gasteiger partial charge in [-0.25, -0.2) is 0 Å². The van der Waals surface area contributed by atoms with Crippen LogP contribution in [0.25, 0.3) is 10.8 Å². The van der Waals surface area contributed by atoms with Crippen molar-refractivity contribution in [1.29, 1.82) is 5.26 Å². The van der Waals surface area contributed by atoms with Gasteiger partial charge in [0.05, 0.1) is 42.1 Å². The van der Waals surface area contributed by atoms with Crippen LogP contribution in [0.4, 0.5) is 11.5 Å². The fourth-order valence-electron chi connectivity index (χ4n) is 5.37. The lowest BCUT2D eigenvalue weighted by atomic mass is 9.88. The predicted octanol–water partition coefficient (Wildman–Crippen LogP) is 3.90. The molecule has 0 radical (unpaired) electrons. The van der Waals surface area contributed by atoms with Crippen LogP contribution < -0.4 is 10.2 Å². The molecule has 0 saturated carbocycles. The maximum Gasteiger partial charge on any atom is 0.290 e. The van der Waals surface area contributed by atoms with Gasteiger partial charge >= 0.3 is 0 Å². The molecule has 9 nitrogen and oxygen atoms in total. The van der Waals surface area contributed by atoms with Crippen molar-refractivity contribution in [1.82, 2.24) is 15.1 Å². The van der Waals surface area contributed by atoms with Gasteiger partial charge in [-0.2, -0.15) is 10.4 Å². The summed E-state index contributed by atoms with van der Waals surface area (Å²) in [7, 11) is 0. The average molecular weight is 503 g/mol. The highest BCUT2D eigenvalue weighted by atomic mass is 16.5. The second kappa shape index (κ2) is 11.1. The highest BCUT2D eigenvalue weighted by Crippen LogP contribution is 2.36. The second-order valence-electron chi connectivity index (χ2n) is 9.92. The maximum absolute atomic E-state index is 9.41. The predicted molar refractivity (Wildman–Crippen MR) is 144 cm³/mol. The average Bonchev–Trinajstić information content (AvgIpc) is 2.89. The molecule has 194 valence electrons. The molecule has 37 heavy (non-hydrogen) atoms. The number of nitrogens with one attached hydrogen (secondary N) is 1. The van der Waals surface area contributed by atoms with Gasteiger partial charge in [0, 0.05) is 42.6 Å². The number of hydrogen-bond acceptors (Lipinski definition) is 8. The Morgan fingerprint density at radius 1 is 1.16 bits per heavy atom. The van der Waals surface area contributed by atoms with E-state index in [4.69, 9.17) is 14.6 Å². The molecular formula is C28H34N6O3. The van der Waals surface area contributed by atoms with E-state index in [1.807, 2.05) is 26.0 Å². The van der Waals surface area contributed by atoms with Crippen LogP contribution >= 0.6 is 0 Å². The number of aromatic nitrogens is 2. The number of nitrogens with zero attached hydrogens (tertiary/aromatic N) is 5. The SMILES string of the molecule is Cc1c(C#N)cccc1C(C)Nc1nnc(C)c2ccc(N3CC(C)(N4CCOCC4)C3)cc12.O=CO. The van der Waals surface area contributed by atoms with Crippen LogP contribution in [0.1, 0.15) is 42.3 Å². The number of benzene rings is 2. The summed E-state index contributed by atoms with van der Waals surface area (Å²) in [6, 6.07) is 14.7. The van der Waals surface area contributed by atoms with Gasteiger partial charge in [-0.3, -0.25) is 9.69 Å². The van der Waals surface area contributed by atoms with Crippen molar-refractivity contribution in [3.05, 3.63) is 58.8 Å². The van der Waals surface area contributed by atoms with E-state index in [1.54, 1.807) is 0 Å². The van der Waals surface area contributed by atoms with Gasteiger partial charge in [-0.1, -0.05) is 18.2 Å². The summed E-state index contributed by atoms with van der Waals surface area (Å²) in [5.41, 5.74) is 5.12. The molecule has 0 aliphatic carbocycles. The van der Waals surface area contributed by atoms with Crippen molar-refractivity contribution in [2.45, 2.75) is 39.3 Å². The summed E-state index contributed by atoms with van der Waals surface area (Å²) < 4.78 is 5.54. The van der Waals surface area contributed by atoms with E-state index in [2.05, 4.69) is 69.5 Å². The number of nitriles is 1. The number of rotatable bonds is 5. The number of morpholine rings is 1. The Morgan fingerprint density at radius 2 is 1.86 bits per heavy atom. The van der Waals surface area contributed by atoms with E-state index >= 15 is 0 Å². The lowest BCUT2D eigenvalue weighted by Crippen LogP contribution is -2.70. The largest absolute Gasteiger partial charge is 0.483 e. The molecular weight excluding hydrogens is 468 g/mol. The van der Waals surface area contributed by atoms with Crippen molar-refractivity contribution in [2.75, 3.05) is 49.6 Å². The van der Waals surface area contributed by atoms with Crippen LogP contribution in [0.3, 0.4) is 0 Å². The highest BCUT2D eigenvalue weighted by Gasteiger charge is 2.44. The molecule has 2 N–H and O–H groups in total. The fraction of sp³-hybridized carbons (Fsp3) is 0.429. The Morgan fingerprint density at radius 3 is 2.54 bits per heavy atom. The summed E-state index contributed by atoms with van der Waals surface area (Å²) in [6.45, 7) is 13.9. The van der Waals surface area contributed by atoms with Gasteiger partial charge in [0.1, 0.15) is 0 Å². The van der Waals surface area contributed by atoms with Gasteiger partial charge in [0.25, 0.3) is 6.47 Å². The Balaban J connectivity index is 0.00000102. The minimum Gasteiger partial charge on any atom is -0.483 e. The summed E-state index contributed by atoms with van der Waals surface area (Å²) in [5.74, 6) is 0.771. The second-order valence-corrected chi connectivity index (χ2v) is 9.92. The van der Waals surface area contributed by atoms with E-state index < -0.39 is 0 Å². The van der Waals surface area contributed by atoms with Crippen molar-refractivity contribution in [3.63, 3.8) is 0 Å². The van der Waals surface area contributed by atoms with Crippen LogP contribution in [0.2, 0.25) is 0 Å². The van der Waals surface area contributed by atoms with Crippen molar-refractivity contribution >= 4 is 28.7 Å².